The molecule has 1 aliphatic rings. The minimum atomic E-state index is -0.339. The van der Waals surface area contributed by atoms with Crippen LogP contribution in [0.5, 0.6) is 0 Å². The van der Waals surface area contributed by atoms with Gasteiger partial charge in [0.15, 0.2) is 0 Å². The summed E-state index contributed by atoms with van der Waals surface area (Å²) in [5, 5.41) is 13.0. The number of aromatic nitrogens is 2. The van der Waals surface area contributed by atoms with Crippen molar-refractivity contribution in [3.8, 4) is 6.07 Å². The number of hydrogen-bond donors (Lipinski definition) is 1. The van der Waals surface area contributed by atoms with Gasteiger partial charge in [-0.05, 0) is 38.6 Å². The van der Waals surface area contributed by atoms with Crippen molar-refractivity contribution in [3.63, 3.8) is 0 Å². The Morgan fingerprint density at radius 3 is 3.11 bits per heavy atom. The van der Waals surface area contributed by atoms with Crippen LogP contribution in [0.2, 0.25) is 0 Å². The second-order valence-corrected chi connectivity index (χ2v) is 5.48. The van der Waals surface area contributed by atoms with Gasteiger partial charge in [-0.25, -0.2) is 4.98 Å². The van der Waals surface area contributed by atoms with Gasteiger partial charge in [0, 0.05) is 24.9 Å². The summed E-state index contributed by atoms with van der Waals surface area (Å²) >= 11 is 0. The van der Waals surface area contributed by atoms with E-state index in [1.165, 1.54) is 0 Å². The first-order valence-electron chi connectivity index (χ1n) is 7.42. The Kier molecular flexibility index (Phi) is 4.60. The number of nitrogens with zero attached hydrogens (tertiary/aromatic N) is 3. The van der Waals surface area contributed by atoms with E-state index in [0.717, 1.165) is 50.9 Å². The Morgan fingerprint density at radius 1 is 1.58 bits per heavy atom. The number of nitrogens with one attached hydrogen (secondary N) is 1. The molecule has 4 heteroatoms. The summed E-state index contributed by atoms with van der Waals surface area (Å²) in [5.41, 5.74) is -0.339. The van der Waals surface area contributed by atoms with Gasteiger partial charge in [-0.2, -0.15) is 5.26 Å². The van der Waals surface area contributed by atoms with Crippen LogP contribution in [0.3, 0.4) is 0 Å². The fraction of sp³-hybridized carbons (Fsp3) is 0.733. The third kappa shape index (κ3) is 2.98. The van der Waals surface area contributed by atoms with Crippen molar-refractivity contribution in [1.29, 1.82) is 5.26 Å². The number of rotatable bonds is 5. The van der Waals surface area contributed by atoms with Crippen molar-refractivity contribution in [2.75, 3.05) is 6.54 Å². The first-order valence-corrected chi connectivity index (χ1v) is 7.42. The SMILES string of the molecule is CCCNC1(C#N)CCCC(n2ccnc2CC)C1. The lowest BCUT2D eigenvalue weighted by Crippen LogP contribution is -2.48. The smallest absolute Gasteiger partial charge is 0.108 e. The van der Waals surface area contributed by atoms with Crippen LogP contribution in [0.4, 0.5) is 0 Å². The molecule has 4 nitrogen and oxygen atoms in total. The monoisotopic (exact) mass is 260 g/mol. The minimum absolute atomic E-state index is 0.339. The third-order valence-electron chi connectivity index (χ3n) is 4.11. The molecule has 1 fully saturated rings. The molecule has 2 rings (SSSR count). The third-order valence-corrected chi connectivity index (χ3v) is 4.11. The fourth-order valence-corrected chi connectivity index (χ4v) is 3.10. The van der Waals surface area contributed by atoms with E-state index in [4.69, 9.17) is 0 Å². The van der Waals surface area contributed by atoms with Crippen LogP contribution in [-0.4, -0.2) is 21.6 Å². The highest BCUT2D eigenvalue weighted by molar-refractivity contribution is 5.11. The van der Waals surface area contributed by atoms with Crippen LogP contribution in [0.1, 0.15) is 57.8 Å². The van der Waals surface area contributed by atoms with Gasteiger partial charge >= 0.3 is 0 Å². The largest absolute Gasteiger partial charge is 0.332 e. The van der Waals surface area contributed by atoms with E-state index in [1.807, 2.05) is 6.20 Å². The predicted octanol–water partition coefficient (Wildman–Crippen LogP) is 2.82. The van der Waals surface area contributed by atoms with E-state index < -0.39 is 0 Å². The average molecular weight is 260 g/mol. The second-order valence-electron chi connectivity index (χ2n) is 5.48. The lowest BCUT2D eigenvalue weighted by atomic mass is 9.79. The van der Waals surface area contributed by atoms with Gasteiger partial charge in [-0.3, -0.25) is 5.32 Å². The molecule has 2 unspecified atom stereocenters. The first-order chi connectivity index (χ1) is 9.24. The van der Waals surface area contributed by atoms with E-state index in [1.54, 1.807) is 0 Å². The van der Waals surface area contributed by atoms with E-state index >= 15 is 0 Å². The molecular formula is C15H24N4. The van der Waals surface area contributed by atoms with Gasteiger partial charge in [-0.1, -0.05) is 13.8 Å². The zero-order valence-electron chi connectivity index (χ0n) is 12.0. The van der Waals surface area contributed by atoms with Gasteiger partial charge < -0.3 is 4.57 Å². The molecule has 1 aliphatic carbocycles. The van der Waals surface area contributed by atoms with Gasteiger partial charge in [0.2, 0.25) is 0 Å². The Bertz CT molecular complexity index is 445. The van der Waals surface area contributed by atoms with Crippen LogP contribution in [-0.2, 0) is 6.42 Å². The zero-order valence-corrected chi connectivity index (χ0v) is 12.0. The second kappa shape index (κ2) is 6.21. The summed E-state index contributed by atoms with van der Waals surface area (Å²) in [5.74, 6) is 1.13. The van der Waals surface area contributed by atoms with Crippen LogP contribution in [0.25, 0.3) is 0 Å². The Labute approximate surface area is 115 Å². The maximum Gasteiger partial charge on any atom is 0.108 e. The molecule has 1 aromatic rings. The summed E-state index contributed by atoms with van der Waals surface area (Å²) in [4.78, 5) is 4.41. The summed E-state index contributed by atoms with van der Waals surface area (Å²) in [6.45, 7) is 5.20. The standard InChI is InChI=1S/C15H24N4/c1-3-8-18-15(12-16)7-5-6-13(11-15)19-10-9-17-14(19)4-2/h9-10,13,18H,3-8,11H2,1-2H3. The molecule has 1 saturated carbocycles. The van der Waals surface area contributed by atoms with Crippen molar-refractivity contribution in [2.45, 2.75) is 64.0 Å². The molecule has 0 aliphatic heterocycles. The summed E-state index contributed by atoms with van der Waals surface area (Å²) in [6.07, 6.45) is 10.1. The molecule has 0 aromatic carbocycles. The molecule has 0 amide bonds. The van der Waals surface area contributed by atoms with Gasteiger partial charge in [-0.15, -0.1) is 0 Å². The highest BCUT2D eigenvalue weighted by Crippen LogP contribution is 2.35. The molecule has 0 spiro atoms. The first kappa shape index (κ1) is 14.1. The van der Waals surface area contributed by atoms with Crippen molar-refractivity contribution < 1.29 is 0 Å². The molecule has 19 heavy (non-hydrogen) atoms. The number of nitriles is 1. The molecule has 1 aromatic heterocycles. The highest BCUT2D eigenvalue weighted by atomic mass is 15.1. The molecule has 104 valence electrons. The van der Waals surface area contributed by atoms with Crippen molar-refractivity contribution >= 4 is 0 Å². The van der Waals surface area contributed by atoms with Gasteiger partial charge in [0.1, 0.15) is 11.4 Å². The fourth-order valence-electron chi connectivity index (χ4n) is 3.10. The average Bonchev–Trinajstić information content (AvgIpc) is 2.94. The van der Waals surface area contributed by atoms with Gasteiger partial charge in [0.25, 0.3) is 0 Å². The maximum atomic E-state index is 9.57. The van der Waals surface area contributed by atoms with E-state index in [2.05, 4.69) is 41.0 Å². The van der Waals surface area contributed by atoms with E-state index in [0.29, 0.717) is 6.04 Å². The molecule has 2 atom stereocenters. The number of aryl methyl sites for hydroxylation is 1. The molecule has 0 saturated heterocycles. The number of hydrogen-bond acceptors (Lipinski definition) is 3. The normalized spacial score (nSPS) is 27.1. The molecule has 0 radical (unpaired) electrons. The van der Waals surface area contributed by atoms with Crippen LogP contribution in [0, 0.1) is 11.3 Å². The van der Waals surface area contributed by atoms with Crippen LogP contribution >= 0.6 is 0 Å². The molecule has 0 bridgehead atoms. The Hall–Kier alpha value is -1.34. The van der Waals surface area contributed by atoms with E-state index in [9.17, 15) is 5.26 Å². The van der Waals surface area contributed by atoms with E-state index in [-0.39, 0.29) is 5.54 Å². The van der Waals surface area contributed by atoms with Crippen molar-refractivity contribution in [3.05, 3.63) is 18.2 Å². The summed E-state index contributed by atoms with van der Waals surface area (Å²) in [7, 11) is 0. The Morgan fingerprint density at radius 2 is 2.42 bits per heavy atom. The van der Waals surface area contributed by atoms with Gasteiger partial charge in [0.05, 0.1) is 6.07 Å². The molecule has 1 heterocycles. The number of imidazole rings is 1. The van der Waals surface area contributed by atoms with Crippen molar-refractivity contribution in [2.24, 2.45) is 0 Å². The summed E-state index contributed by atoms with van der Waals surface area (Å²) in [6, 6.07) is 2.95. The topological polar surface area (TPSA) is 53.6 Å². The quantitative estimate of drug-likeness (QED) is 0.885. The summed E-state index contributed by atoms with van der Waals surface area (Å²) < 4.78 is 2.28. The van der Waals surface area contributed by atoms with Crippen LogP contribution < -0.4 is 5.32 Å². The van der Waals surface area contributed by atoms with Crippen molar-refractivity contribution in [1.82, 2.24) is 14.9 Å². The maximum absolute atomic E-state index is 9.57. The predicted molar refractivity (Wildman–Crippen MR) is 75.7 cm³/mol. The molecular weight excluding hydrogens is 236 g/mol. The molecule has 1 N–H and O–H groups in total. The highest BCUT2D eigenvalue weighted by Gasteiger charge is 2.36. The lowest BCUT2D eigenvalue weighted by Gasteiger charge is -2.37. The minimum Gasteiger partial charge on any atom is -0.332 e. The lowest BCUT2D eigenvalue weighted by molar-refractivity contribution is 0.228. The van der Waals surface area contributed by atoms with Crippen LogP contribution in [0.15, 0.2) is 12.4 Å². The zero-order chi connectivity index (χ0) is 13.7. The Balaban J connectivity index is 2.14.